The fourth-order valence-corrected chi connectivity index (χ4v) is 7.47. The first kappa shape index (κ1) is 25.3. The summed E-state index contributed by atoms with van der Waals surface area (Å²) in [5, 5.41) is -0.677. The molecule has 0 bridgehead atoms. The van der Waals surface area contributed by atoms with Crippen molar-refractivity contribution in [2.24, 2.45) is 0 Å². The van der Waals surface area contributed by atoms with Gasteiger partial charge in [-0.2, -0.15) is 0 Å². The zero-order valence-electron chi connectivity index (χ0n) is 19.2. The van der Waals surface area contributed by atoms with Crippen LogP contribution in [0.1, 0.15) is 35.1 Å². The van der Waals surface area contributed by atoms with Crippen molar-refractivity contribution in [1.29, 1.82) is 0 Å². The molecule has 2 aromatic carbocycles. The predicted molar refractivity (Wildman–Crippen MR) is 124 cm³/mol. The summed E-state index contributed by atoms with van der Waals surface area (Å²) in [6.07, 6.45) is 0.459. The molecule has 33 heavy (non-hydrogen) atoms. The van der Waals surface area contributed by atoms with Crippen molar-refractivity contribution in [3.8, 4) is 0 Å². The van der Waals surface area contributed by atoms with Gasteiger partial charge in [-0.3, -0.25) is 4.79 Å². The van der Waals surface area contributed by atoms with Crippen molar-refractivity contribution in [2.75, 3.05) is 19.6 Å². The number of rotatable bonds is 6. The predicted octanol–water partition coefficient (Wildman–Crippen LogP) is 2.80. The fraction of sp³-hybridized carbons (Fsp3) is 0.435. The van der Waals surface area contributed by atoms with Gasteiger partial charge in [-0.25, -0.2) is 25.9 Å². The number of benzene rings is 2. The van der Waals surface area contributed by atoms with Crippen LogP contribution in [0.5, 0.6) is 0 Å². The summed E-state index contributed by atoms with van der Waals surface area (Å²) in [5.41, 5.74) is 3.00. The van der Waals surface area contributed by atoms with Gasteiger partial charge in [0.25, 0.3) is 0 Å². The highest BCUT2D eigenvalue weighted by molar-refractivity contribution is 7.92. The van der Waals surface area contributed by atoms with Crippen LogP contribution in [0.3, 0.4) is 0 Å². The third-order valence-electron chi connectivity index (χ3n) is 6.36. The van der Waals surface area contributed by atoms with E-state index < -0.39 is 43.4 Å². The van der Waals surface area contributed by atoms with Crippen molar-refractivity contribution in [1.82, 2.24) is 9.62 Å². The molecule has 2 aromatic rings. The molecule has 1 fully saturated rings. The topological polar surface area (TPSA) is 101 Å². The number of piperidine rings is 1. The molecule has 0 unspecified atom stereocenters. The van der Waals surface area contributed by atoms with Gasteiger partial charge < -0.3 is 4.90 Å². The Labute approximate surface area is 195 Å². The molecule has 0 saturated carbocycles. The standard InChI is InChI=1S/C23H29FN2O5S2/c1-15-13-16(2)18(4)23(17(15)3)33(30,31)25-14-22(27)26-11-9-21(10-12-26)32(28,29)20-7-5-19(24)6-8-20/h5-8,13,21,25H,9-12,14H2,1-4H3. The highest BCUT2D eigenvalue weighted by Gasteiger charge is 2.33. The number of carbonyl (C=O) groups is 1. The van der Waals surface area contributed by atoms with E-state index >= 15 is 0 Å². The van der Waals surface area contributed by atoms with Crippen LogP contribution < -0.4 is 4.72 Å². The molecule has 0 aliphatic carbocycles. The van der Waals surface area contributed by atoms with Gasteiger partial charge in [0.2, 0.25) is 15.9 Å². The smallest absolute Gasteiger partial charge is 0.241 e. The monoisotopic (exact) mass is 496 g/mol. The average molecular weight is 497 g/mol. The Bertz CT molecular complexity index is 1240. The van der Waals surface area contributed by atoms with Crippen molar-refractivity contribution in [2.45, 2.75) is 55.6 Å². The molecule has 0 aromatic heterocycles. The average Bonchev–Trinajstić information content (AvgIpc) is 2.76. The molecule has 1 heterocycles. The molecule has 1 saturated heterocycles. The Morgan fingerprint density at radius 1 is 0.970 bits per heavy atom. The van der Waals surface area contributed by atoms with Gasteiger partial charge in [-0.1, -0.05) is 6.07 Å². The second-order valence-electron chi connectivity index (χ2n) is 8.49. The SMILES string of the molecule is Cc1cc(C)c(C)c(S(=O)(=O)NCC(=O)N2CCC(S(=O)(=O)c3ccc(F)cc3)CC2)c1C. The Morgan fingerprint density at radius 3 is 2.00 bits per heavy atom. The highest BCUT2D eigenvalue weighted by Crippen LogP contribution is 2.27. The molecule has 1 amide bonds. The summed E-state index contributed by atoms with van der Waals surface area (Å²) >= 11 is 0. The number of nitrogens with zero attached hydrogens (tertiary/aromatic N) is 1. The third kappa shape index (κ3) is 5.28. The van der Waals surface area contributed by atoms with Crippen LogP contribution in [0.2, 0.25) is 0 Å². The molecule has 3 rings (SSSR count). The van der Waals surface area contributed by atoms with Gasteiger partial charge in [0.1, 0.15) is 5.82 Å². The first-order valence-corrected chi connectivity index (χ1v) is 13.7. The lowest BCUT2D eigenvalue weighted by Gasteiger charge is -2.32. The van der Waals surface area contributed by atoms with E-state index in [0.29, 0.717) is 11.1 Å². The Morgan fingerprint density at radius 2 is 1.48 bits per heavy atom. The summed E-state index contributed by atoms with van der Waals surface area (Å²) in [5.74, 6) is -0.918. The zero-order chi connectivity index (χ0) is 24.6. The lowest BCUT2D eigenvalue weighted by Crippen LogP contribution is -2.46. The molecule has 1 N–H and O–H groups in total. The number of hydrogen-bond donors (Lipinski definition) is 1. The lowest BCUT2D eigenvalue weighted by molar-refractivity contribution is -0.130. The molecule has 1 aliphatic heterocycles. The highest BCUT2D eigenvalue weighted by atomic mass is 32.2. The molecule has 180 valence electrons. The molecule has 0 spiro atoms. The molecule has 0 radical (unpaired) electrons. The van der Waals surface area contributed by atoms with Crippen molar-refractivity contribution < 1.29 is 26.0 Å². The molecule has 0 atom stereocenters. The van der Waals surface area contributed by atoms with Crippen LogP contribution in [-0.2, 0) is 24.7 Å². The zero-order valence-corrected chi connectivity index (χ0v) is 20.8. The minimum absolute atomic E-state index is 0.0561. The number of carbonyl (C=O) groups excluding carboxylic acids is 1. The molecular formula is C23H29FN2O5S2. The summed E-state index contributed by atoms with van der Waals surface area (Å²) in [6.45, 7) is 7.17. The van der Waals surface area contributed by atoms with E-state index in [1.54, 1.807) is 13.8 Å². The van der Waals surface area contributed by atoms with Gasteiger partial charge in [0.05, 0.1) is 21.6 Å². The Kier molecular flexibility index (Phi) is 7.30. The van der Waals surface area contributed by atoms with Gasteiger partial charge >= 0.3 is 0 Å². The van der Waals surface area contributed by atoms with Gasteiger partial charge in [0, 0.05) is 13.1 Å². The molecule has 1 aliphatic rings. The van der Waals surface area contributed by atoms with E-state index in [4.69, 9.17) is 0 Å². The Hall–Kier alpha value is -2.30. The minimum Gasteiger partial charge on any atom is -0.341 e. The van der Waals surface area contributed by atoms with E-state index in [-0.39, 0.29) is 35.7 Å². The van der Waals surface area contributed by atoms with Crippen molar-refractivity contribution in [3.63, 3.8) is 0 Å². The number of sulfonamides is 1. The fourth-order valence-electron chi connectivity index (χ4n) is 4.16. The lowest BCUT2D eigenvalue weighted by atomic mass is 10.0. The second kappa shape index (κ2) is 9.52. The van der Waals surface area contributed by atoms with E-state index in [9.17, 15) is 26.0 Å². The normalized spacial score (nSPS) is 15.6. The molecule has 7 nitrogen and oxygen atoms in total. The van der Waals surface area contributed by atoms with E-state index in [1.165, 1.54) is 17.0 Å². The maximum Gasteiger partial charge on any atom is 0.241 e. The van der Waals surface area contributed by atoms with Gasteiger partial charge in [-0.15, -0.1) is 0 Å². The Balaban J connectivity index is 1.64. The number of likely N-dealkylation sites (tertiary alicyclic amines) is 1. The number of amides is 1. The van der Waals surface area contributed by atoms with Crippen LogP contribution in [0.15, 0.2) is 40.1 Å². The second-order valence-corrected chi connectivity index (χ2v) is 12.4. The summed E-state index contributed by atoms with van der Waals surface area (Å²) in [6, 6.07) is 6.63. The van der Waals surface area contributed by atoms with Crippen LogP contribution in [0.25, 0.3) is 0 Å². The first-order valence-electron chi connectivity index (χ1n) is 10.7. The molecular weight excluding hydrogens is 467 g/mol. The number of nitrogens with one attached hydrogen (secondary N) is 1. The third-order valence-corrected chi connectivity index (χ3v) is 10.3. The van der Waals surface area contributed by atoms with E-state index in [0.717, 1.165) is 23.3 Å². The number of sulfone groups is 1. The van der Waals surface area contributed by atoms with Crippen LogP contribution >= 0.6 is 0 Å². The van der Waals surface area contributed by atoms with Gasteiger partial charge in [0.15, 0.2) is 9.84 Å². The van der Waals surface area contributed by atoms with E-state index in [2.05, 4.69) is 4.72 Å². The van der Waals surface area contributed by atoms with E-state index in [1.807, 2.05) is 19.9 Å². The van der Waals surface area contributed by atoms with Gasteiger partial charge in [-0.05, 0) is 87.1 Å². The maximum atomic E-state index is 13.1. The summed E-state index contributed by atoms with van der Waals surface area (Å²) in [4.78, 5) is 14.4. The number of aryl methyl sites for hydroxylation is 2. The maximum absolute atomic E-state index is 13.1. The number of hydrogen-bond acceptors (Lipinski definition) is 5. The van der Waals surface area contributed by atoms with Crippen LogP contribution in [-0.4, -0.2) is 52.5 Å². The van der Waals surface area contributed by atoms with Crippen molar-refractivity contribution >= 4 is 25.8 Å². The first-order chi connectivity index (χ1) is 15.3. The van der Waals surface area contributed by atoms with Crippen LogP contribution in [0.4, 0.5) is 4.39 Å². The summed E-state index contributed by atoms with van der Waals surface area (Å²) < 4.78 is 67.0. The van der Waals surface area contributed by atoms with Crippen LogP contribution in [0, 0.1) is 33.5 Å². The number of halogens is 1. The van der Waals surface area contributed by atoms with Crippen molar-refractivity contribution in [3.05, 3.63) is 58.4 Å². The molecule has 10 heteroatoms. The largest absolute Gasteiger partial charge is 0.341 e. The summed E-state index contributed by atoms with van der Waals surface area (Å²) in [7, 11) is -7.53. The minimum atomic E-state index is -3.90. The quantitative estimate of drug-likeness (QED) is 0.620.